The van der Waals surface area contributed by atoms with Crippen LogP contribution < -0.4 is 10.2 Å². The molecular weight excluding hydrogens is 456 g/mol. The number of amides is 1. The molecule has 0 saturated heterocycles. The molecule has 8 nitrogen and oxygen atoms in total. The van der Waals surface area contributed by atoms with Gasteiger partial charge in [0.15, 0.2) is 0 Å². The fraction of sp³-hybridized carbons (Fsp3) is 0.214. The van der Waals surface area contributed by atoms with Crippen molar-refractivity contribution in [2.75, 3.05) is 31.4 Å². The average molecular weight is 485 g/mol. The van der Waals surface area contributed by atoms with Crippen molar-refractivity contribution in [3.05, 3.63) is 94.9 Å². The van der Waals surface area contributed by atoms with Crippen molar-refractivity contribution >= 4 is 34.2 Å². The van der Waals surface area contributed by atoms with Crippen LogP contribution >= 0.6 is 0 Å². The third-order valence-electron chi connectivity index (χ3n) is 5.74. The lowest BCUT2D eigenvalue weighted by molar-refractivity contribution is -0.136. The molecule has 0 unspecified atom stereocenters. The van der Waals surface area contributed by atoms with Gasteiger partial charge in [-0.15, -0.1) is 0 Å². The molecule has 0 bridgehead atoms. The first kappa shape index (κ1) is 24.8. The summed E-state index contributed by atoms with van der Waals surface area (Å²) in [5.74, 6) is 0.000345. The van der Waals surface area contributed by atoms with Crippen LogP contribution in [0, 0.1) is 0 Å². The van der Waals surface area contributed by atoms with E-state index in [0.717, 1.165) is 16.3 Å². The highest BCUT2D eigenvalue weighted by Crippen LogP contribution is 2.23. The van der Waals surface area contributed by atoms with Crippen LogP contribution in [0.4, 0.5) is 11.5 Å². The van der Waals surface area contributed by atoms with Crippen LogP contribution in [-0.4, -0.2) is 48.2 Å². The van der Waals surface area contributed by atoms with E-state index in [2.05, 4.69) is 15.3 Å². The van der Waals surface area contributed by atoms with Gasteiger partial charge in [0.1, 0.15) is 11.6 Å². The number of hydrogen-bond acceptors (Lipinski definition) is 6. The quantitative estimate of drug-likeness (QED) is 0.365. The lowest BCUT2D eigenvalue weighted by Crippen LogP contribution is -2.20. The summed E-state index contributed by atoms with van der Waals surface area (Å²) < 4.78 is 5.26. The van der Waals surface area contributed by atoms with Crippen molar-refractivity contribution in [3.63, 3.8) is 0 Å². The number of ether oxygens (including phenoxy) is 1. The number of carbonyl (C=O) groups excluding carboxylic acids is 1. The zero-order valence-corrected chi connectivity index (χ0v) is 20.5. The van der Waals surface area contributed by atoms with Gasteiger partial charge in [-0.25, -0.2) is 9.97 Å². The highest BCUT2D eigenvalue weighted by Gasteiger charge is 2.19. The molecule has 1 amide bonds. The van der Waals surface area contributed by atoms with E-state index in [1.54, 1.807) is 12.0 Å². The molecule has 0 aliphatic carbocycles. The number of aromatic nitrogens is 2. The Hall–Kier alpha value is -4.30. The highest BCUT2D eigenvalue weighted by molar-refractivity contribution is 6.06. The molecule has 2 N–H and O–H groups in total. The monoisotopic (exact) mass is 484 g/mol. The summed E-state index contributed by atoms with van der Waals surface area (Å²) in [7, 11) is 5.19. The van der Waals surface area contributed by atoms with Gasteiger partial charge in [0.05, 0.1) is 18.7 Å². The van der Waals surface area contributed by atoms with Crippen LogP contribution in [0.15, 0.2) is 66.7 Å². The third kappa shape index (κ3) is 5.84. The Kier molecular flexibility index (Phi) is 7.56. The molecule has 0 fully saturated rings. The lowest BCUT2D eigenvalue weighted by atomic mass is 10.1. The van der Waals surface area contributed by atoms with Gasteiger partial charge < -0.3 is 20.1 Å². The number of anilines is 2. The van der Waals surface area contributed by atoms with Crippen LogP contribution in [0.25, 0.3) is 10.8 Å². The van der Waals surface area contributed by atoms with E-state index in [-0.39, 0.29) is 18.9 Å². The molecule has 0 atom stereocenters. The number of nitrogens with one attached hydrogen (secondary N) is 1. The molecule has 3 aromatic carbocycles. The number of nitrogens with zero attached hydrogens (tertiary/aromatic N) is 3. The summed E-state index contributed by atoms with van der Waals surface area (Å²) in [6, 6.07) is 21.1. The number of methoxy groups -OCH3 is 1. The summed E-state index contributed by atoms with van der Waals surface area (Å²) in [4.78, 5) is 35.1. The smallest absolute Gasteiger partial charge is 0.308 e. The molecule has 184 valence electrons. The third-order valence-corrected chi connectivity index (χ3v) is 5.74. The maximum atomic E-state index is 12.8. The van der Waals surface area contributed by atoms with Crippen molar-refractivity contribution in [2.24, 2.45) is 0 Å². The first-order valence-corrected chi connectivity index (χ1v) is 11.5. The molecule has 36 heavy (non-hydrogen) atoms. The van der Waals surface area contributed by atoms with Crippen LogP contribution in [0.2, 0.25) is 0 Å². The van der Waals surface area contributed by atoms with Gasteiger partial charge in [-0.05, 0) is 40.6 Å². The second kappa shape index (κ2) is 11.0. The van der Waals surface area contributed by atoms with Crippen molar-refractivity contribution in [1.82, 2.24) is 9.97 Å². The Labute approximate surface area is 209 Å². The predicted molar refractivity (Wildman–Crippen MR) is 140 cm³/mol. The first-order chi connectivity index (χ1) is 17.3. The SMILES string of the molecule is COCc1nc(Cc2ccc(NC(=O)c3ccc4ccccc4c3)cc2)nc(N(C)C)c1CC(=O)O. The van der Waals surface area contributed by atoms with E-state index < -0.39 is 5.97 Å². The fourth-order valence-electron chi connectivity index (χ4n) is 4.03. The number of carboxylic acids is 1. The molecule has 1 heterocycles. The molecular formula is C28H28N4O4. The topological polar surface area (TPSA) is 105 Å². The van der Waals surface area contributed by atoms with Gasteiger partial charge in [0.2, 0.25) is 0 Å². The molecule has 0 saturated carbocycles. The number of aliphatic carboxylic acids is 1. The maximum Gasteiger partial charge on any atom is 0.308 e. The van der Waals surface area contributed by atoms with Crippen LogP contribution in [0.5, 0.6) is 0 Å². The Morgan fingerprint density at radius 3 is 2.36 bits per heavy atom. The number of rotatable bonds is 9. The molecule has 1 aromatic heterocycles. The minimum atomic E-state index is -0.951. The van der Waals surface area contributed by atoms with Gasteiger partial charge in [0.25, 0.3) is 5.91 Å². The Morgan fingerprint density at radius 1 is 0.972 bits per heavy atom. The summed E-state index contributed by atoms with van der Waals surface area (Å²) in [5.41, 5.74) is 3.34. The first-order valence-electron chi connectivity index (χ1n) is 11.5. The molecule has 4 rings (SSSR count). The van der Waals surface area contributed by atoms with E-state index in [1.165, 1.54) is 0 Å². The van der Waals surface area contributed by atoms with Crippen molar-refractivity contribution < 1.29 is 19.4 Å². The summed E-state index contributed by atoms with van der Waals surface area (Å²) in [6.45, 7) is 0.193. The van der Waals surface area contributed by atoms with E-state index in [1.807, 2.05) is 80.8 Å². The highest BCUT2D eigenvalue weighted by atomic mass is 16.5. The lowest BCUT2D eigenvalue weighted by Gasteiger charge is -2.19. The molecule has 0 aliphatic heterocycles. The number of benzene rings is 3. The molecule has 0 spiro atoms. The second-order valence-corrected chi connectivity index (χ2v) is 8.68. The van der Waals surface area contributed by atoms with Crippen molar-refractivity contribution in [3.8, 4) is 0 Å². The van der Waals surface area contributed by atoms with E-state index >= 15 is 0 Å². The van der Waals surface area contributed by atoms with E-state index in [4.69, 9.17) is 4.74 Å². The van der Waals surface area contributed by atoms with Crippen LogP contribution in [0.3, 0.4) is 0 Å². The summed E-state index contributed by atoms with van der Waals surface area (Å²) in [5, 5.41) is 14.4. The van der Waals surface area contributed by atoms with Gasteiger partial charge in [-0.2, -0.15) is 0 Å². The van der Waals surface area contributed by atoms with Crippen LogP contribution in [0.1, 0.15) is 33.0 Å². The van der Waals surface area contributed by atoms with Gasteiger partial charge in [0, 0.05) is 44.4 Å². The zero-order valence-electron chi connectivity index (χ0n) is 20.5. The maximum absolute atomic E-state index is 12.8. The van der Waals surface area contributed by atoms with Gasteiger partial charge in [-0.3, -0.25) is 9.59 Å². The minimum Gasteiger partial charge on any atom is -0.481 e. The number of carbonyl (C=O) groups is 2. The van der Waals surface area contributed by atoms with E-state index in [0.29, 0.717) is 40.6 Å². The number of hydrogen-bond donors (Lipinski definition) is 2. The van der Waals surface area contributed by atoms with Crippen LogP contribution in [-0.2, 0) is 29.0 Å². The standard InChI is InChI=1S/C28H28N4O4/c1-32(2)27-23(16-26(33)34)24(17-36-3)30-25(31-27)14-18-8-12-22(13-9-18)29-28(35)21-11-10-19-6-4-5-7-20(19)15-21/h4-13,15H,14,16-17H2,1-3H3,(H,29,35)(H,33,34). The van der Waals surface area contributed by atoms with Gasteiger partial charge in [-0.1, -0.05) is 42.5 Å². The molecule has 4 aromatic rings. The Balaban J connectivity index is 1.51. The van der Waals surface area contributed by atoms with E-state index in [9.17, 15) is 14.7 Å². The summed E-state index contributed by atoms with van der Waals surface area (Å²) >= 11 is 0. The van der Waals surface area contributed by atoms with Crippen molar-refractivity contribution in [1.29, 1.82) is 0 Å². The molecule has 0 aliphatic rings. The molecule has 8 heteroatoms. The zero-order chi connectivity index (χ0) is 25.7. The number of fused-ring (bicyclic) bond motifs is 1. The predicted octanol–water partition coefficient (Wildman–Crippen LogP) is 4.31. The van der Waals surface area contributed by atoms with Gasteiger partial charge >= 0.3 is 5.97 Å². The fourth-order valence-corrected chi connectivity index (χ4v) is 4.03. The second-order valence-electron chi connectivity index (χ2n) is 8.68. The Bertz CT molecular complexity index is 1400. The number of carboxylic acid groups (broad SMARTS) is 1. The normalized spacial score (nSPS) is 10.9. The largest absolute Gasteiger partial charge is 0.481 e. The molecule has 0 radical (unpaired) electrons. The summed E-state index contributed by atoms with van der Waals surface area (Å²) in [6.07, 6.45) is 0.266. The Morgan fingerprint density at radius 2 is 1.69 bits per heavy atom. The average Bonchev–Trinajstić information content (AvgIpc) is 2.86. The minimum absolute atomic E-state index is 0.175. The van der Waals surface area contributed by atoms with Crippen molar-refractivity contribution in [2.45, 2.75) is 19.4 Å².